The molecule has 0 bridgehead atoms. The second kappa shape index (κ2) is 8.37. The highest BCUT2D eigenvalue weighted by molar-refractivity contribution is 7.99. The zero-order valence-corrected chi connectivity index (χ0v) is 11.8. The average Bonchev–Trinajstić information content (AvgIpc) is 2.71. The van der Waals surface area contributed by atoms with E-state index in [0.717, 1.165) is 25.6 Å². The molecule has 0 aliphatic carbocycles. The third-order valence-corrected chi connectivity index (χ3v) is 4.16. The van der Waals surface area contributed by atoms with Gasteiger partial charge in [-0.1, -0.05) is 20.8 Å². The lowest BCUT2D eigenvalue weighted by atomic mass is 9.93. The van der Waals surface area contributed by atoms with E-state index in [1.54, 1.807) is 0 Å². The fourth-order valence-corrected chi connectivity index (χ4v) is 2.98. The van der Waals surface area contributed by atoms with E-state index < -0.39 is 0 Å². The Morgan fingerprint density at radius 1 is 1.44 bits per heavy atom. The van der Waals surface area contributed by atoms with Crippen LogP contribution in [0.15, 0.2) is 0 Å². The van der Waals surface area contributed by atoms with Gasteiger partial charge in [0.2, 0.25) is 0 Å². The van der Waals surface area contributed by atoms with Crippen molar-refractivity contribution in [1.29, 1.82) is 0 Å². The molecular weight excluding hydrogens is 218 g/mol. The molecule has 2 nitrogen and oxygen atoms in total. The van der Waals surface area contributed by atoms with Gasteiger partial charge >= 0.3 is 0 Å². The van der Waals surface area contributed by atoms with Crippen LogP contribution in [0.1, 0.15) is 33.6 Å². The number of thioether (sulfide) groups is 1. The first-order valence-corrected chi connectivity index (χ1v) is 7.81. The first-order valence-electron chi connectivity index (χ1n) is 6.65. The Hall–Kier alpha value is 0.270. The summed E-state index contributed by atoms with van der Waals surface area (Å²) >= 11 is 2.03. The molecule has 1 aliphatic rings. The lowest BCUT2D eigenvalue weighted by molar-refractivity contribution is 0.0540. The Kier molecular flexibility index (Phi) is 7.50. The molecule has 1 heterocycles. The number of nitrogens with one attached hydrogen (secondary N) is 1. The largest absolute Gasteiger partial charge is 0.378 e. The van der Waals surface area contributed by atoms with E-state index in [2.05, 4.69) is 26.1 Å². The third kappa shape index (κ3) is 5.07. The predicted molar refractivity (Wildman–Crippen MR) is 73.2 cm³/mol. The van der Waals surface area contributed by atoms with Crippen molar-refractivity contribution >= 4 is 11.8 Å². The van der Waals surface area contributed by atoms with Crippen LogP contribution in [0.3, 0.4) is 0 Å². The smallest absolute Gasteiger partial charge is 0.0639 e. The number of rotatable bonds is 8. The summed E-state index contributed by atoms with van der Waals surface area (Å²) in [5, 5.41) is 3.58. The average molecular weight is 245 g/mol. The maximum atomic E-state index is 5.78. The van der Waals surface area contributed by atoms with Gasteiger partial charge in [-0.3, -0.25) is 0 Å². The van der Waals surface area contributed by atoms with E-state index >= 15 is 0 Å². The van der Waals surface area contributed by atoms with Crippen LogP contribution in [-0.2, 0) is 4.74 Å². The molecule has 0 aromatic rings. The molecule has 0 saturated carbocycles. The summed E-state index contributed by atoms with van der Waals surface area (Å²) in [7, 11) is 0. The molecule has 3 heteroatoms. The molecule has 1 N–H and O–H groups in total. The Bertz CT molecular complexity index is 175. The molecule has 1 fully saturated rings. The molecule has 2 atom stereocenters. The van der Waals surface area contributed by atoms with Crippen LogP contribution in [0.2, 0.25) is 0 Å². The quantitative estimate of drug-likeness (QED) is 0.664. The number of ether oxygens (including phenoxy) is 1. The molecule has 1 aliphatic heterocycles. The highest BCUT2D eigenvalue weighted by Crippen LogP contribution is 2.25. The van der Waals surface area contributed by atoms with E-state index in [9.17, 15) is 0 Å². The molecule has 0 aromatic heterocycles. The second-order valence-corrected chi connectivity index (χ2v) is 6.28. The van der Waals surface area contributed by atoms with Gasteiger partial charge in [0.15, 0.2) is 0 Å². The molecule has 16 heavy (non-hydrogen) atoms. The summed E-state index contributed by atoms with van der Waals surface area (Å²) in [6.07, 6.45) is 3.01. The second-order valence-electron chi connectivity index (χ2n) is 4.88. The van der Waals surface area contributed by atoms with Gasteiger partial charge in [-0.2, -0.15) is 11.8 Å². The van der Waals surface area contributed by atoms with Gasteiger partial charge in [0.1, 0.15) is 0 Å². The van der Waals surface area contributed by atoms with Crippen LogP contribution >= 0.6 is 11.8 Å². The van der Waals surface area contributed by atoms with Gasteiger partial charge in [0.05, 0.1) is 6.10 Å². The van der Waals surface area contributed by atoms with Crippen LogP contribution in [0.25, 0.3) is 0 Å². The van der Waals surface area contributed by atoms with Gasteiger partial charge in [0.25, 0.3) is 0 Å². The summed E-state index contributed by atoms with van der Waals surface area (Å²) < 4.78 is 5.78. The summed E-state index contributed by atoms with van der Waals surface area (Å²) in [5.41, 5.74) is 0. The molecular formula is C13H27NOS. The van der Waals surface area contributed by atoms with Gasteiger partial charge in [-0.15, -0.1) is 0 Å². The first-order chi connectivity index (χ1) is 7.75. The molecule has 2 unspecified atom stereocenters. The minimum atomic E-state index is 0.484. The monoisotopic (exact) mass is 245 g/mol. The lowest BCUT2D eigenvalue weighted by Crippen LogP contribution is -2.32. The highest BCUT2D eigenvalue weighted by Gasteiger charge is 2.29. The maximum absolute atomic E-state index is 5.78. The van der Waals surface area contributed by atoms with Crippen molar-refractivity contribution < 1.29 is 4.74 Å². The minimum absolute atomic E-state index is 0.484. The molecule has 0 radical (unpaired) electrons. The van der Waals surface area contributed by atoms with Crippen molar-refractivity contribution in [3.05, 3.63) is 0 Å². The Balaban J connectivity index is 2.03. The fourth-order valence-electron chi connectivity index (χ4n) is 2.34. The van der Waals surface area contributed by atoms with E-state index in [1.807, 2.05) is 11.8 Å². The van der Waals surface area contributed by atoms with Crippen molar-refractivity contribution in [2.75, 3.05) is 31.2 Å². The fraction of sp³-hybridized carbons (Fsp3) is 1.00. The van der Waals surface area contributed by atoms with E-state index in [1.165, 1.54) is 24.3 Å². The van der Waals surface area contributed by atoms with Crippen LogP contribution < -0.4 is 5.32 Å². The SMILES string of the molecule is CCSCCCNCC1CCOC1C(C)C. The van der Waals surface area contributed by atoms with Gasteiger partial charge in [-0.25, -0.2) is 0 Å². The highest BCUT2D eigenvalue weighted by atomic mass is 32.2. The minimum Gasteiger partial charge on any atom is -0.378 e. The van der Waals surface area contributed by atoms with Gasteiger partial charge in [-0.05, 0) is 42.7 Å². The normalized spacial score (nSPS) is 25.5. The van der Waals surface area contributed by atoms with Crippen LogP contribution in [0.5, 0.6) is 0 Å². The Morgan fingerprint density at radius 2 is 2.25 bits per heavy atom. The number of hydrogen-bond acceptors (Lipinski definition) is 3. The summed E-state index contributed by atoms with van der Waals surface area (Å²) in [4.78, 5) is 0. The Labute approximate surface area is 105 Å². The van der Waals surface area contributed by atoms with Crippen LogP contribution in [-0.4, -0.2) is 37.3 Å². The van der Waals surface area contributed by atoms with Crippen LogP contribution in [0.4, 0.5) is 0 Å². The molecule has 0 amide bonds. The molecule has 0 aromatic carbocycles. The first kappa shape index (κ1) is 14.3. The lowest BCUT2D eigenvalue weighted by Gasteiger charge is -2.22. The summed E-state index contributed by atoms with van der Waals surface area (Å²) in [6, 6.07) is 0. The summed E-state index contributed by atoms with van der Waals surface area (Å²) in [6.45, 7) is 10.0. The predicted octanol–water partition coefficient (Wildman–Crippen LogP) is 2.78. The summed E-state index contributed by atoms with van der Waals surface area (Å²) in [5.74, 6) is 3.92. The topological polar surface area (TPSA) is 21.3 Å². The standard InChI is InChI=1S/C13H27NOS/c1-4-16-9-5-7-14-10-12-6-8-15-13(12)11(2)3/h11-14H,4-10H2,1-3H3. The molecule has 96 valence electrons. The van der Waals surface area contributed by atoms with Crippen molar-refractivity contribution in [2.45, 2.75) is 39.7 Å². The van der Waals surface area contributed by atoms with E-state index in [-0.39, 0.29) is 0 Å². The Morgan fingerprint density at radius 3 is 2.94 bits per heavy atom. The zero-order valence-electron chi connectivity index (χ0n) is 11.0. The molecule has 0 spiro atoms. The van der Waals surface area contributed by atoms with E-state index in [4.69, 9.17) is 4.74 Å². The van der Waals surface area contributed by atoms with Gasteiger partial charge < -0.3 is 10.1 Å². The van der Waals surface area contributed by atoms with Gasteiger partial charge in [0, 0.05) is 13.2 Å². The third-order valence-electron chi connectivity index (χ3n) is 3.17. The van der Waals surface area contributed by atoms with E-state index in [0.29, 0.717) is 12.0 Å². The molecule has 1 saturated heterocycles. The van der Waals surface area contributed by atoms with Crippen molar-refractivity contribution in [2.24, 2.45) is 11.8 Å². The van der Waals surface area contributed by atoms with Crippen molar-refractivity contribution in [3.8, 4) is 0 Å². The molecule has 1 rings (SSSR count). The van der Waals surface area contributed by atoms with Crippen molar-refractivity contribution in [1.82, 2.24) is 5.32 Å². The van der Waals surface area contributed by atoms with Crippen LogP contribution in [0, 0.1) is 11.8 Å². The van der Waals surface area contributed by atoms with Crippen molar-refractivity contribution in [3.63, 3.8) is 0 Å². The zero-order chi connectivity index (χ0) is 11.8. The maximum Gasteiger partial charge on any atom is 0.0639 e. The number of hydrogen-bond donors (Lipinski definition) is 1.